The molecule has 1 aromatic carbocycles. The van der Waals surface area contributed by atoms with E-state index in [1.165, 1.54) is 0 Å². The Morgan fingerprint density at radius 1 is 1.36 bits per heavy atom. The van der Waals surface area contributed by atoms with Crippen molar-refractivity contribution in [3.8, 4) is 0 Å². The first-order valence-corrected chi connectivity index (χ1v) is 7.95. The van der Waals surface area contributed by atoms with Gasteiger partial charge in [-0.25, -0.2) is 4.79 Å². The molecule has 8 heteroatoms. The van der Waals surface area contributed by atoms with Gasteiger partial charge in [-0.05, 0) is 24.0 Å². The zero-order valence-electron chi connectivity index (χ0n) is 13.8. The Hall–Kier alpha value is -2.58. The van der Waals surface area contributed by atoms with Crippen LogP contribution in [0.25, 0.3) is 0 Å². The van der Waals surface area contributed by atoms with Crippen molar-refractivity contribution in [2.75, 3.05) is 0 Å². The number of aldehydes is 1. The molecule has 2 rings (SSSR count). The SMILES string of the molecule is NN=Cc1ccc(C2CC2(N)CCC(=O)OC(=O)C(N)CC=O)cc1. The van der Waals surface area contributed by atoms with Gasteiger partial charge in [0, 0.05) is 24.3 Å². The molecular formula is C17H22N4O4. The average Bonchev–Trinajstić information content (AvgIpc) is 3.26. The minimum atomic E-state index is -1.11. The molecule has 6 N–H and O–H groups in total. The fourth-order valence-corrected chi connectivity index (χ4v) is 2.72. The fourth-order valence-electron chi connectivity index (χ4n) is 2.72. The van der Waals surface area contributed by atoms with E-state index in [4.69, 9.17) is 17.3 Å². The third-order valence-electron chi connectivity index (χ3n) is 4.34. The van der Waals surface area contributed by atoms with E-state index in [2.05, 4.69) is 9.84 Å². The van der Waals surface area contributed by atoms with Gasteiger partial charge in [0.25, 0.3) is 0 Å². The highest BCUT2D eigenvalue weighted by Crippen LogP contribution is 2.52. The Kier molecular flexibility index (Phi) is 6.00. The predicted molar refractivity (Wildman–Crippen MR) is 91.5 cm³/mol. The van der Waals surface area contributed by atoms with Gasteiger partial charge < -0.3 is 26.8 Å². The van der Waals surface area contributed by atoms with E-state index in [0.717, 1.165) is 17.5 Å². The van der Waals surface area contributed by atoms with Gasteiger partial charge in [-0.3, -0.25) is 4.79 Å². The summed E-state index contributed by atoms with van der Waals surface area (Å²) < 4.78 is 4.63. The van der Waals surface area contributed by atoms with E-state index in [1.807, 2.05) is 24.3 Å². The minimum absolute atomic E-state index is 0.0183. The van der Waals surface area contributed by atoms with Gasteiger partial charge in [0.15, 0.2) is 0 Å². The van der Waals surface area contributed by atoms with E-state index >= 15 is 0 Å². The van der Waals surface area contributed by atoms with E-state index in [0.29, 0.717) is 12.7 Å². The molecule has 25 heavy (non-hydrogen) atoms. The molecule has 1 aromatic rings. The van der Waals surface area contributed by atoms with Crippen LogP contribution in [0.4, 0.5) is 0 Å². The van der Waals surface area contributed by atoms with Crippen LogP contribution >= 0.6 is 0 Å². The molecule has 1 aliphatic rings. The van der Waals surface area contributed by atoms with E-state index in [9.17, 15) is 14.4 Å². The van der Waals surface area contributed by atoms with Gasteiger partial charge in [0.1, 0.15) is 12.3 Å². The molecule has 3 unspecified atom stereocenters. The summed E-state index contributed by atoms with van der Waals surface area (Å²) in [6.07, 6.45) is 3.05. The van der Waals surface area contributed by atoms with Crippen molar-refractivity contribution in [1.29, 1.82) is 0 Å². The molecular weight excluding hydrogens is 324 g/mol. The minimum Gasteiger partial charge on any atom is -0.392 e. The van der Waals surface area contributed by atoms with Gasteiger partial charge in [0.2, 0.25) is 0 Å². The van der Waals surface area contributed by atoms with Crippen LogP contribution in [0.1, 0.15) is 42.7 Å². The molecule has 0 bridgehead atoms. The second-order valence-corrected chi connectivity index (χ2v) is 6.24. The maximum absolute atomic E-state index is 11.7. The number of hydrogen-bond acceptors (Lipinski definition) is 8. The summed E-state index contributed by atoms with van der Waals surface area (Å²) in [5.41, 5.74) is 13.2. The molecule has 0 aromatic heterocycles. The first-order valence-electron chi connectivity index (χ1n) is 7.95. The molecule has 0 amide bonds. The monoisotopic (exact) mass is 346 g/mol. The van der Waals surface area contributed by atoms with Crippen LogP contribution in [0, 0.1) is 0 Å². The highest BCUT2D eigenvalue weighted by molar-refractivity contribution is 5.89. The third kappa shape index (κ3) is 4.94. The molecule has 1 aliphatic carbocycles. The Bertz CT molecular complexity index is 674. The maximum atomic E-state index is 11.7. The number of ether oxygens (including phenoxy) is 1. The standard InChI is InChI=1S/C17H22N4O4/c18-14(6-8-22)16(24)25-15(23)5-7-17(19)9-13(17)12-3-1-11(2-4-12)10-21-20/h1-4,8,10,13-14H,5-7,9,18-20H2. The summed E-state index contributed by atoms with van der Waals surface area (Å²) in [6, 6.07) is 6.59. The highest BCUT2D eigenvalue weighted by atomic mass is 16.6. The molecule has 0 aliphatic heterocycles. The highest BCUT2D eigenvalue weighted by Gasteiger charge is 2.51. The number of nitrogens with two attached hydrogens (primary N) is 3. The first-order chi connectivity index (χ1) is 11.9. The summed E-state index contributed by atoms with van der Waals surface area (Å²) in [4.78, 5) is 33.5. The molecule has 134 valence electrons. The molecule has 8 nitrogen and oxygen atoms in total. The lowest BCUT2D eigenvalue weighted by molar-refractivity contribution is -0.161. The predicted octanol–water partition coefficient (Wildman–Crippen LogP) is -0.0697. The Morgan fingerprint density at radius 2 is 2.04 bits per heavy atom. The zero-order valence-corrected chi connectivity index (χ0v) is 13.8. The lowest BCUT2D eigenvalue weighted by Crippen LogP contribution is -2.34. The smallest absolute Gasteiger partial charge is 0.331 e. The second-order valence-electron chi connectivity index (χ2n) is 6.24. The van der Waals surface area contributed by atoms with Gasteiger partial charge in [-0.1, -0.05) is 24.3 Å². The van der Waals surface area contributed by atoms with Crippen molar-refractivity contribution in [3.05, 3.63) is 35.4 Å². The van der Waals surface area contributed by atoms with E-state index < -0.39 is 23.5 Å². The number of rotatable bonds is 8. The third-order valence-corrected chi connectivity index (χ3v) is 4.34. The Labute approximate surface area is 145 Å². The van der Waals surface area contributed by atoms with Crippen LogP contribution in [0.2, 0.25) is 0 Å². The average molecular weight is 346 g/mol. The first kappa shape index (κ1) is 18.8. The van der Waals surface area contributed by atoms with Crippen LogP contribution in [0.5, 0.6) is 0 Å². The van der Waals surface area contributed by atoms with Crippen molar-refractivity contribution < 1.29 is 19.1 Å². The van der Waals surface area contributed by atoms with Crippen molar-refractivity contribution in [2.24, 2.45) is 22.4 Å². The second kappa shape index (κ2) is 8.00. The molecule has 1 saturated carbocycles. The molecule has 0 saturated heterocycles. The number of benzene rings is 1. The van der Waals surface area contributed by atoms with E-state index in [1.54, 1.807) is 6.21 Å². The van der Waals surface area contributed by atoms with Crippen LogP contribution in [-0.4, -0.2) is 36.0 Å². The molecule has 0 heterocycles. The Morgan fingerprint density at radius 3 is 2.64 bits per heavy atom. The summed E-state index contributed by atoms with van der Waals surface area (Å²) in [6.45, 7) is 0. The Balaban J connectivity index is 1.82. The lowest BCUT2D eigenvalue weighted by Gasteiger charge is -2.12. The molecule has 1 fully saturated rings. The number of nitrogens with zero attached hydrogens (tertiary/aromatic N) is 1. The van der Waals surface area contributed by atoms with Crippen molar-refractivity contribution in [2.45, 2.75) is 43.2 Å². The fraction of sp³-hybridized carbons (Fsp3) is 0.412. The van der Waals surface area contributed by atoms with Crippen molar-refractivity contribution in [3.63, 3.8) is 0 Å². The molecule has 0 spiro atoms. The van der Waals surface area contributed by atoms with Crippen LogP contribution < -0.4 is 17.3 Å². The van der Waals surface area contributed by atoms with Crippen molar-refractivity contribution in [1.82, 2.24) is 0 Å². The number of carbonyl (C=O) groups excluding carboxylic acids is 3. The maximum Gasteiger partial charge on any atom is 0.331 e. The number of hydrazone groups is 1. The van der Waals surface area contributed by atoms with E-state index in [-0.39, 0.29) is 18.8 Å². The van der Waals surface area contributed by atoms with Crippen molar-refractivity contribution >= 4 is 24.4 Å². The number of carbonyl (C=O) groups is 3. The topological polar surface area (TPSA) is 151 Å². The van der Waals surface area contributed by atoms with Gasteiger partial charge in [-0.15, -0.1) is 0 Å². The molecule has 3 atom stereocenters. The van der Waals surface area contributed by atoms with Crippen LogP contribution in [0.15, 0.2) is 29.4 Å². The summed E-state index contributed by atoms with van der Waals surface area (Å²) >= 11 is 0. The van der Waals surface area contributed by atoms with Gasteiger partial charge in [0.05, 0.1) is 6.21 Å². The summed E-state index contributed by atoms with van der Waals surface area (Å²) in [5, 5.41) is 3.46. The van der Waals surface area contributed by atoms with Crippen LogP contribution in [0.3, 0.4) is 0 Å². The summed E-state index contributed by atoms with van der Waals surface area (Å²) in [7, 11) is 0. The largest absolute Gasteiger partial charge is 0.392 e. The number of hydrogen-bond donors (Lipinski definition) is 3. The quantitative estimate of drug-likeness (QED) is 0.149. The van der Waals surface area contributed by atoms with Gasteiger partial charge >= 0.3 is 11.9 Å². The molecule has 0 radical (unpaired) electrons. The van der Waals surface area contributed by atoms with Crippen LogP contribution in [-0.2, 0) is 19.1 Å². The number of esters is 2. The van der Waals surface area contributed by atoms with Gasteiger partial charge in [-0.2, -0.15) is 5.10 Å². The normalized spacial score (nSPS) is 23.2. The lowest BCUT2D eigenvalue weighted by atomic mass is 10.0. The zero-order chi connectivity index (χ0) is 18.4. The summed E-state index contributed by atoms with van der Waals surface area (Å²) in [5.74, 6) is 3.68.